The van der Waals surface area contributed by atoms with Gasteiger partial charge in [0.15, 0.2) is 5.82 Å². The fourth-order valence-corrected chi connectivity index (χ4v) is 3.31. The molecule has 2 rings (SSSR count). The average Bonchev–Trinajstić information content (AvgIpc) is 2.39. The molecule has 4 heteroatoms. The summed E-state index contributed by atoms with van der Waals surface area (Å²) in [6.45, 7) is 9.69. The maximum Gasteiger partial charge on any atom is 0.158 e. The van der Waals surface area contributed by atoms with Crippen molar-refractivity contribution in [3.8, 4) is 0 Å². The standard InChI is InChI=1S/C17H29N3O/c1-11-13-9-12(10-18-5)7-8-14(13)20-16(19-11)15(21-6)17(2,3)4/h12,15,18H,7-10H2,1-6H3. The Bertz CT molecular complexity index is 494. The Morgan fingerprint density at radius 3 is 2.62 bits per heavy atom. The summed E-state index contributed by atoms with van der Waals surface area (Å²) in [5.41, 5.74) is 3.71. The van der Waals surface area contributed by atoms with Crippen molar-refractivity contribution in [3.63, 3.8) is 0 Å². The highest BCUT2D eigenvalue weighted by Gasteiger charge is 2.31. The summed E-state index contributed by atoms with van der Waals surface area (Å²) < 4.78 is 5.67. The molecule has 4 nitrogen and oxygen atoms in total. The number of nitrogens with zero attached hydrogens (tertiary/aromatic N) is 2. The lowest BCUT2D eigenvalue weighted by Gasteiger charge is -2.30. The highest BCUT2D eigenvalue weighted by Crippen LogP contribution is 2.35. The molecule has 1 aliphatic rings. The van der Waals surface area contributed by atoms with E-state index in [-0.39, 0.29) is 11.5 Å². The van der Waals surface area contributed by atoms with E-state index in [1.54, 1.807) is 7.11 Å². The average molecular weight is 291 g/mol. The third kappa shape index (κ3) is 3.61. The van der Waals surface area contributed by atoms with Crippen LogP contribution >= 0.6 is 0 Å². The summed E-state index contributed by atoms with van der Waals surface area (Å²) in [5, 5.41) is 3.29. The van der Waals surface area contributed by atoms with Gasteiger partial charge in [-0.2, -0.15) is 0 Å². The topological polar surface area (TPSA) is 47.0 Å². The number of fused-ring (bicyclic) bond motifs is 1. The molecule has 0 aromatic carbocycles. The molecule has 1 aromatic heterocycles. The van der Waals surface area contributed by atoms with Crippen molar-refractivity contribution in [3.05, 3.63) is 22.8 Å². The largest absolute Gasteiger partial charge is 0.373 e. The van der Waals surface area contributed by atoms with Gasteiger partial charge in [-0.15, -0.1) is 0 Å². The molecule has 1 aliphatic carbocycles. The maximum atomic E-state index is 5.67. The summed E-state index contributed by atoms with van der Waals surface area (Å²) >= 11 is 0. The van der Waals surface area contributed by atoms with E-state index in [1.807, 2.05) is 7.05 Å². The van der Waals surface area contributed by atoms with Crippen molar-refractivity contribution in [2.75, 3.05) is 20.7 Å². The van der Waals surface area contributed by atoms with E-state index in [0.717, 1.165) is 30.9 Å². The molecule has 0 amide bonds. The van der Waals surface area contributed by atoms with Crippen LogP contribution in [-0.4, -0.2) is 30.7 Å². The molecule has 0 bridgehead atoms. The number of hydrogen-bond donors (Lipinski definition) is 1. The van der Waals surface area contributed by atoms with E-state index in [0.29, 0.717) is 5.92 Å². The van der Waals surface area contributed by atoms with Crippen LogP contribution in [0.4, 0.5) is 0 Å². The third-order valence-corrected chi connectivity index (χ3v) is 4.35. The van der Waals surface area contributed by atoms with Crippen LogP contribution in [0.15, 0.2) is 0 Å². The van der Waals surface area contributed by atoms with Crippen LogP contribution in [0.3, 0.4) is 0 Å². The number of aromatic nitrogens is 2. The molecule has 0 aliphatic heterocycles. The SMILES string of the molecule is CNCC1CCc2nc(C(OC)C(C)(C)C)nc(C)c2C1. The van der Waals surface area contributed by atoms with Crippen molar-refractivity contribution in [1.29, 1.82) is 0 Å². The Hall–Kier alpha value is -1.00. The van der Waals surface area contributed by atoms with E-state index in [4.69, 9.17) is 14.7 Å². The minimum absolute atomic E-state index is 0.00123. The molecule has 0 saturated carbocycles. The molecule has 2 unspecified atom stereocenters. The number of nitrogens with one attached hydrogen (secondary N) is 1. The second-order valence-corrected chi connectivity index (χ2v) is 7.24. The van der Waals surface area contributed by atoms with Gasteiger partial charge in [-0.3, -0.25) is 0 Å². The minimum Gasteiger partial charge on any atom is -0.373 e. The zero-order valence-corrected chi connectivity index (χ0v) is 14.3. The van der Waals surface area contributed by atoms with E-state index < -0.39 is 0 Å². The van der Waals surface area contributed by atoms with Crippen molar-refractivity contribution in [1.82, 2.24) is 15.3 Å². The number of hydrogen-bond acceptors (Lipinski definition) is 4. The van der Waals surface area contributed by atoms with Gasteiger partial charge in [0.1, 0.15) is 6.10 Å². The Labute approximate surface area is 128 Å². The first kappa shape index (κ1) is 16.4. The molecule has 0 radical (unpaired) electrons. The Morgan fingerprint density at radius 2 is 2.05 bits per heavy atom. The van der Waals surface area contributed by atoms with Gasteiger partial charge in [0.25, 0.3) is 0 Å². The third-order valence-electron chi connectivity index (χ3n) is 4.35. The molecule has 1 aromatic rings. The summed E-state index contributed by atoms with van der Waals surface area (Å²) in [4.78, 5) is 9.61. The fraction of sp³-hybridized carbons (Fsp3) is 0.765. The molecule has 21 heavy (non-hydrogen) atoms. The number of aryl methyl sites for hydroxylation is 2. The van der Waals surface area contributed by atoms with Gasteiger partial charge < -0.3 is 10.1 Å². The lowest BCUT2D eigenvalue weighted by molar-refractivity contribution is 0.00829. The van der Waals surface area contributed by atoms with Crippen LogP contribution in [-0.2, 0) is 17.6 Å². The van der Waals surface area contributed by atoms with E-state index >= 15 is 0 Å². The van der Waals surface area contributed by atoms with E-state index in [1.165, 1.54) is 17.7 Å². The van der Waals surface area contributed by atoms with Crippen molar-refractivity contribution in [2.24, 2.45) is 11.3 Å². The molecule has 2 atom stereocenters. The summed E-state index contributed by atoms with van der Waals surface area (Å²) in [6, 6.07) is 0. The predicted octanol–water partition coefficient (Wildman–Crippen LogP) is 2.84. The molecule has 1 N–H and O–H groups in total. The predicted molar refractivity (Wildman–Crippen MR) is 85.4 cm³/mol. The zero-order chi connectivity index (χ0) is 15.6. The van der Waals surface area contributed by atoms with Gasteiger partial charge in [-0.1, -0.05) is 20.8 Å². The van der Waals surface area contributed by atoms with Gasteiger partial charge in [0.05, 0.1) is 0 Å². The summed E-state index contributed by atoms with van der Waals surface area (Å²) in [6.07, 6.45) is 3.29. The smallest absolute Gasteiger partial charge is 0.158 e. The molecule has 118 valence electrons. The normalized spacial score (nSPS) is 20.2. The van der Waals surface area contributed by atoms with E-state index in [2.05, 4.69) is 33.0 Å². The second kappa shape index (κ2) is 6.41. The molecule has 1 heterocycles. The van der Waals surface area contributed by atoms with Crippen LogP contribution in [0, 0.1) is 18.3 Å². The van der Waals surface area contributed by atoms with Crippen LogP contribution in [0.1, 0.15) is 56.1 Å². The Morgan fingerprint density at radius 1 is 1.33 bits per heavy atom. The highest BCUT2D eigenvalue weighted by atomic mass is 16.5. The molecule has 0 spiro atoms. The van der Waals surface area contributed by atoms with Crippen LogP contribution in [0.5, 0.6) is 0 Å². The van der Waals surface area contributed by atoms with Gasteiger partial charge in [0, 0.05) is 18.5 Å². The highest BCUT2D eigenvalue weighted by molar-refractivity contribution is 5.29. The summed E-state index contributed by atoms with van der Waals surface area (Å²) in [7, 11) is 3.77. The molecular weight excluding hydrogens is 262 g/mol. The quantitative estimate of drug-likeness (QED) is 0.926. The van der Waals surface area contributed by atoms with Crippen LogP contribution < -0.4 is 5.32 Å². The van der Waals surface area contributed by atoms with Crippen molar-refractivity contribution >= 4 is 0 Å². The monoisotopic (exact) mass is 291 g/mol. The number of ether oxygens (including phenoxy) is 1. The number of rotatable bonds is 4. The Kier molecular flexibility index (Phi) is 4.99. The molecule has 0 fully saturated rings. The Balaban J connectivity index is 2.32. The maximum absolute atomic E-state index is 5.67. The van der Waals surface area contributed by atoms with Crippen molar-refractivity contribution in [2.45, 2.75) is 53.1 Å². The lowest BCUT2D eigenvalue weighted by atomic mass is 9.84. The van der Waals surface area contributed by atoms with Gasteiger partial charge >= 0.3 is 0 Å². The zero-order valence-electron chi connectivity index (χ0n) is 14.3. The number of methoxy groups -OCH3 is 1. The van der Waals surface area contributed by atoms with Gasteiger partial charge in [-0.05, 0) is 56.7 Å². The minimum atomic E-state index is -0.0588. The first-order valence-corrected chi connectivity index (χ1v) is 7.90. The lowest BCUT2D eigenvalue weighted by Crippen LogP contribution is -2.28. The van der Waals surface area contributed by atoms with Crippen LogP contribution in [0.25, 0.3) is 0 Å². The fourth-order valence-electron chi connectivity index (χ4n) is 3.31. The summed E-state index contributed by atoms with van der Waals surface area (Å²) in [5.74, 6) is 1.55. The second-order valence-electron chi connectivity index (χ2n) is 7.24. The van der Waals surface area contributed by atoms with E-state index in [9.17, 15) is 0 Å². The molecular formula is C17H29N3O. The van der Waals surface area contributed by atoms with Crippen molar-refractivity contribution < 1.29 is 4.74 Å². The van der Waals surface area contributed by atoms with Crippen LogP contribution in [0.2, 0.25) is 0 Å². The first-order valence-electron chi connectivity index (χ1n) is 7.90. The van der Waals surface area contributed by atoms with Gasteiger partial charge in [-0.25, -0.2) is 9.97 Å². The van der Waals surface area contributed by atoms with Gasteiger partial charge in [0.2, 0.25) is 0 Å². The molecule has 0 saturated heterocycles. The first-order chi connectivity index (χ1) is 9.86.